The van der Waals surface area contributed by atoms with Crippen molar-refractivity contribution in [3.63, 3.8) is 0 Å². The molecule has 9 nitrogen and oxygen atoms in total. The summed E-state index contributed by atoms with van der Waals surface area (Å²) in [5, 5.41) is 22.7. The van der Waals surface area contributed by atoms with Gasteiger partial charge in [-0.2, -0.15) is 4.98 Å². The maximum Gasteiger partial charge on any atom is 0.348 e. The number of rotatable bonds is 5. The smallest absolute Gasteiger partial charge is 0.348 e. The highest BCUT2D eigenvalue weighted by molar-refractivity contribution is 5.71. The number of halogens is 2. The Morgan fingerprint density at radius 1 is 1.19 bits per heavy atom. The molecule has 0 amide bonds. The average Bonchev–Trinajstić information content (AvgIpc) is 3.71. The number of nitrogens with one attached hydrogen (secondary N) is 1. The van der Waals surface area contributed by atoms with Crippen molar-refractivity contribution >= 4 is 5.82 Å². The van der Waals surface area contributed by atoms with Gasteiger partial charge in [-0.3, -0.25) is 4.57 Å². The summed E-state index contributed by atoms with van der Waals surface area (Å²) in [5.41, 5.74) is -0.200. The zero-order valence-corrected chi connectivity index (χ0v) is 19.8. The predicted octanol–water partition coefficient (Wildman–Crippen LogP) is 2.73. The number of nitrogens with zero attached hydrogens (tertiary/aromatic N) is 6. The van der Waals surface area contributed by atoms with Crippen LogP contribution in [-0.2, 0) is 7.05 Å². The second kappa shape index (κ2) is 8.88. The molecule has 4 atom stereocenters. The number of benzene rings is 1. The monoisotopic (exact) mass is 495 g/mol. The fourth-order valence-electron chi connectivity index (χ4n) is 5.52. The van der Waals surface area contributed by atoms with Gasteiger partial charge in [-0.1, -0.05) is 12.5 Å². The van der Waals surface area contributed by atoms with Crippen molar-refractivity contribution in [2.75, 3.05) is 4.90 Å². The lowest BCUT2D eigenvalue weighted by Gasteiger charge is -2.47. The molecule has 188 valence electrons. The predicted molar refractivity (Wildman–Crippen MR) is 129 cm³/mol. The van der Waals surface area contributed by atoms with Gasteiger partial charge in [0.1, 0.15) is 17.6 Å². The van der Waals surface area contributed by atoms with Gasteiger partial charge in [0.15, 0.2) is 17.5 Å². The zero-order valence-electron chi connectivity index (χ0n) is 19.8. The molecule has 6 rings (SSSR count). The highest BCUT2D eigenvalue weighted by atomic mass is 19.1. The Labute approximate surface area is 206 Å². The molecular formula is C25H27F2N7O2. The molecule has 1 aliphatic carbocycles. The molecule has 2 bridgehead atoms. The highest BCUT2D eigenvalue weighted by Crippen LogP contribution is 2.39. The van der Waals surface area contributed by atoms with Gasteiger partial charge in [0, 0.05) is 36.9 Å². The number of phenols is 1. The molecule has 1 saturated carbocycles. The second-order valence-corrected chi connectivity index (χ2v) is 9.99. The maximum absolute atomic E-state index is 15.4. The molecule has 2 aromatic heterocycles. The number of aromatic nitrogens is 5. The van der Waals surface area contributed by atoms with Crippen molar-refractivity contribution in [3.8, 4) is 28.4 Å². The summed E-state index contributed by atoms with van der Waals surface area (Å²) < 4.78 is 30.8. The molecule has 36 heavy (non-hydrogen) atoms. The van der Waals surface area contributed by atoms with E-state index >= 15 is 4.39 Å². The van der Waals surface area contributed by atoms with E-state index < -0.39 is 17.7 Å². The van der Waals surface area contributed by atoms with Gasteiger partial charge in [0.2, 0.25) is 0 Å². The number of fused-ring (bicyclic) bond motifs is 2. The van der Waals surface area contributed by atoms with Crippen molar-refractivity contribution in [3.05, 3.63) is 46.9 Å². The first-order valence-corrected chi connectivity index (χ1v) is 12.3. The molecule has 3 aromatic rings. The van der Waals surface area contributed by atoms with Crippen LogP contribution in [0.5, 0.6) is 5.75 Å². The summed E-state index contributed by atoms with van der Waals surface area (Å²) >= 11 is 0. The van der Waals surface area contributed by atoms with Crippen molar-refractivity contribution in [2.24, 2.45) is 7.05 Å². The second-order valence-electron chi connectivity index (χ2n) is 9.99. The molecule has 3 aliphatic rings. The Morgan fingerprint density at radius 2 is 2.03 bits per heavy atom. The third-order valence-electron chi connectivity index (χ3n) is 7.46. The van der Waals surface area contributed by atoms with Gasteiger partial charge < -0.3 is 15.3 Å². The molecular weight excluding hydrogens is 468 g/mol. The number of aromatic hydroxyl groups is 1. The molecule has 2 N–H and O–H groups in total. The third kappa shape index (κ3) is 4.11. The summed E-state index contributed by atoms with van der Waals surface area (Å²) in [6.07, 6.45) is 7.33. The number of anilines is 1. The van der Waals surface area contributed by atoms with Crippen molar-refractivity contribution in [1.29, 1.82) is 0 Å². The fraction of sp³-hybridized carbons (Fsp3) is 0.480. The van der Waals surface area contributed by atoms with Crippen molar-refractivity contribution < 1.29 is 13.9 Å². The van der Waals surface area contributed by atoms with Gasteiger partial charge in [0.25, 0.3) is 0 Å². The Morgan fingerprint density at radius 3 is 2.75 bits per heavy atom. The first-order valence-electron chi connectivity index (χ1n) is 12.3. The van der Waals surface area contributed by atoms with E-state index in [2.05, 4.69) is 30.4 Å². The molecule has 2 saturated heterocycles. The summed E-state index contributed by atoms with van der Waals surface area (Å²) in [5.74, 6) is -0.149. The number of piperidine rings is 2. The minimum atomic E-state index is -0.982. The molecule has 2 aliphatic heterocycles. The topological polar surface area (TPSA) is 109 Å². The number of aryl methyl sites for hydroxylation is 1. The van der Waals surface area contributed by atoms with Crippen LogP contribution in [-0.4, -0.2) is 60.2 Å². The Balaban J connectivity index is 1.27. The Bertz CT molecular complexity index is 1350. The lowest BCUT2D eigenvalue weighted by molar-refractivity contribution is 0.104. The normalized spacial score (nSPS) is 25.5. The summed E-state index contributed by atoms with van der Waals surface area (Å²) in [4.78, 5) is 22.1. The standard InChI is InChI=1S/C25H27F2N7O2/c1-33-12-17(26)23(30-25(33)36)13-5-8-16(20(35)9-13)24-28-11-21(31-32-24)34(15-6-7-15)19-10-14-3-2-4-18(29-14)22(19)27/h5,8-9,11-12,14-15,18-19,22,29,35H,2-4,6-7,10H2,1H3/t14-,18+,19-,22+/m0/s1. The van der Waals surface area contributed by atoms with Crippen LogP contribution in [0.3, 0.4) is 0 Å². The first-order chi connectivity index (χ1) is 17.4. The largest absolute Gasteiger partial charge is 0.507 e. The third-order valence-corrected chi connectivity index (χ3v) is 7.46. The van der Waals surface area contributed by atoms with Crippen LogP contribution in [0.4, 0.5) is 14.6 Å². The average molecular weight is 496 g/mol. The number of phenolic OH excluding ortho intramolecular Hbond substituents is 1. The maximum atomic E-state index is 15.4. The van der Waals surface area contributed by atoms with E-state index in [1.807, 2.05) is 0 Å². The van der Waals surface area contributed by atoms with Crippen LogP contribution in [0.2, 0.25) is 0 Å². The summed E-state index contributed by atoms with van der Waals surface area (Å²) in [7, 11) is 1.41. The number of alkyl halides is 1. The van der Waals surface area contributed by atoms with E-state index in [0.717, 1.165) is 49.3 Å². The molecule has 0 radical (unpaired) electrons. The van der Waals surface area contributed by atoms with Crippen LogP contribution in [0, 0.1) is 5.82 Å². The van der Waals surface area contributed by atoms with Gasteiger partial charge in [-0.15, -0.1) is 10.2 Å². The number of hydrogen-bond acceptors (Lipinski definition) is 8. The first kappa shape index (κ1) is 23.0. The van der Waals surface area contributed by atoms with Crippen LogP contribution >= 0.6 is 0 Å². The van der Waals surface area contributed by atoms with E-state index in [9.17, 15) is 14.3 Å². The van der Waals surface area contributed by atoms with E-state index in [4.69, 9.17) is 0 Å². The van der Waals surface area contributed by atoms with Crippen molar-refractivity contribution in [2.45, 2.75) is 68.9 Å². The minimum absolute atomic E-state index is 0.122. The van der Waals surface area contributed by atoms with Gasteiger partial charge in [-0.05, 0) is 44.2 Å². The zero-order chi connectivity index (χ0) is 25.0. The molecule has 3 fully saturated rings. The van der Waals surface area contributed by atoms with E-state index in [-0.39, 0.29) is 41.0 Å². The summed E-state index contributed by atoms with van der Waals surface area (Å²) in [6.45, 7) is 0. The SMILES string of the molecule is Cn1cc(F)c(-c2ccc(-c3ncc(N(C4CC4)[C@H]4C[C@@H]5CCC[C@@H](N5)[C@H]4F)nn3)c(O)c2)nc1=O. The highest BCUT2D eigenvalue weighted by Gasteiger charge is 2.46. The quantitative estimate of drug-likeness (QED) is 0.556. The summed E-state index contributed by atoms with van der Waals surface area (Å²) in [6, 6.07) is 4.56. The van der Waals surface area contributed by atoms with Crippen LogP contribution in [0.15, 0.2) is 35.4 Å². The molecule has 0 unspecified atom stereocenters. The van der Waals surface area contributed by atoms with Gasteiger partial charge in [-0.25, -0.2) is 18.6 Å². The lowest BCUT2D eigenvalue weighted by atomic mass is 9.82. The van der Waals surface area contributed by atoms with E-state index in [0.29, 0.717) is 17.4 Å². The van der Waals surface area contributed by atoms with E-state index in [1.165, 1.54) is 25.2 Å². The Kier molecular flexibility index (Phi) is 5.66. The Hall–Kier alpha value is -3.47. The van der Waals surface area contributed by atoms with E-state index in [1.54, 1.807) is 6.20 Å². The molecule has 1 aromatic carbocycles. The van der Waals surface area contributed by atoms with Crippen LogP contribution in [0.25, 0.3) is 22.6 Å². The molecule has 11 heteroatoms. The van der Waals surface area contributed by atoms with Gasteiger partial charge in [0.05, 0.1) is 17.8 Å². The van der Waals surface area contributed by atoms with Crippen molar-refractivity contribution in [1.82, 2.24) is 30.0 Å². The van der Waals surface area contributed by atoms with Crippen LogP contribution in [0.1, 0.15) is 38.5 Å². The number of hydrogen-bond donors (Lipinski definition) is 2. The molecule has 4 heterocycles. The minimum Gasteiger partial charge on any atom is -0.507 e. The van der Waals surface area contributed by atoms with Gasteiger partial charge >= 0.3 is 5.69 Å². The van der Waals surface area contributed by atoms with Crippen LogP contribution < -0.4 is 15.9 Å². The molecule has 0 spiro atoms. The lowest BCUT2D eigenvalue weighted by Crippen LogP contribution is -2.62. The fourth-order valence-corrected chi connectivity index (χ4v) is 5.52.